The van der Waals surface area contributed by atoms with E-state index in [1.807, 2.05) is 72.4 Å². The van der Waals surface area contributed by atoms with Crippen molar-refractivity contribution in [2.45, 2.75) is 6.92 Å². The first-order valence-corrected chi connectivity index (χ1v) is 6.79. The fraction of sp³-hybridized carbons (Fsp3) is 0.0588. The van der Waals surface area contributed by atoms with Crippen LogP contribution < -0.4 is 4.74 Å². The first-order chi connectivity index (χ1) is 10.3. The molecule has 0 amide bonds. The average molecular weight is 275 g/mol. The zero-order chi connectivity index (χ0) is 14.2. The van der Waals surface area contributed by atoms with Gasteiger partial charge >= 0.3 is 0 Å². The van der Waals surface area contributed by atoms with Crippen LogP contribution in [0.1, 0.15) is 11.3 Å². The minimum atomic E-state index is 0.701. The Kier molecular flexibility index (Phi) is 2.60. The van der Waals surface area contributed by atoms with E-state index in [1.54, 1.807) is 0 Å². The topological polar surface area (TPSA) is 39.4 Å². The van der Waals surface area contributed by atoms with Crippen molar-refractivity contribution < 1.29 is 4.74 Å². The van der Waals surface area contributed by atoms with Gasteiger partial charge in [-0.25, -0.2) is 0 Å². The lowest BCUT2D eigenvalue weighted by Crippen LogP contribution is -1.99. The minimum Gasteiger partial charge on any atom is -0.436 e. The van der Waals surface area contributed by atoms with Crippen LogP contribution in [-0.4, -0.2) is 16.0 Å². The predicted molar refractivity (Wildman–Crippen MR) is 82.1 cm³/mol. The van der Waals surface area contributed by atoms with Gasteiger partial charge < -0.3 is 4.74 Å². The molecule has 0 radical (unpaired) electrons. The van der Waals surface area contributed by atoms with Gasteiger partial charge in [0.25, 0.3) is 0 Å². The van der Waals surface area contributed by atoms with E-state index >= 15 is 0 Å². The number of ether oxygens (including phenoxy) is 1. The summed E-state index contributed by atoms with van der Waals surface area (Å²) < 4.78 is 7.90. The predicted octanol–water partition coefficient (Wildman–Crippen LogP) is 4.04. The molecule has 4 rings (SSSR count). The highest BCUT2D eigenvalue weighted by atomic mass is 16.5. The maximum Gasteiger partial charge on any atom is 0.231 e. The molecule has 0 saturated heterocycles. The molecule has 0 spiro atoms. The number of aliphatic imine (C=N–C) groups is 1. The van der Waals surface area contributed by atoms with Crippen LogP contribution in [0.3, 0.4) is 0 Å². The maximum atomic E-state index is 6.08. The van der Waals surface area contributed by atoms with Crippen molar-refractivity contribution in [3.05, 3.63) is 65.9 Å². The molecular weight excluding hydrogens is 262 g/mol. The molecule has 1 aromatic heterocycles. The van der Waals surface area contributed by atoms with E-state index in [-0.39, 0.29) is 0 Å². The van der Waals surface area contributed by atoms with Gasteiger partial charge in [-0.05, 0) is 31.2 Å². The second-order valence-electron chi connectivity index (χ2n) is 4.88. The van der Waals surface area contributed by atoms with Crippen molar-refractivity contribution in [1.29, 1.82) is 0 Å². The molecule has 0 atom stereocenters. The Hall–Kier alpha value is -2.88. The molecule has 1 aliphatic rings. The largest absolute Gasteiger partial charge is 0.436 e. The molecule has 3 aromatic rings. The van der Waals surface area contributed by atoms with Crippen molar-refractivity contribution in [1.82, 2.24) is 9.78 Å². The lowest BCUT2D eigenvalue weighted by molar-refractivity contribution is 0.446. The number of hydrogen-bond acceptors (Lipinski definition) is 3. The number of nitrogens with zero attached hydrogens (tertiary/aromatic N) is 3. The van der Waals surface area contributed by atoms with Crippen LogP contribution in [0.15, 0.2) is 59.6 Å². The van der Waals surface area contributed by atoms with Gasteiger partial charge in [-0.3, -0.25) is 4.99 Å². The molecule has 0 unspecified atom stereocenters. The average Bonchev–Trinajstić information content (AvgIpc) is 2.72. The van der Waals surface area contributed by atoms with Crippen LogP contribution in [0, 0.1) is 6.92 Å². The lowest BCUT2D eigenvalue weighted by atomic mass is 10.2. The summed E-state index contributed by atoms with van der Waals surface area (Å²) >= 11 is 0. The van der Waals surface area contributed by atoms with Crippen molar-refractivity contribution in [3.8, 4) is 17.3 Å². The van der Waals surface area contributed by atoms with Crippen molar-refractivity contribution >= 4 is 11.9 Å². The van der Waals surface area contributed by atoms with Crippen LogP contribution in [0.4, 0.5) is 5.69 Å². The highest BCUT2D eigenvalue weighted by Crippen LogP contribution is 2.37. The van der Waals surface area contributed by atoms with Gasteiger partial charge in [0.1, 0.15) is 5.69 Å². The normalized spacial score (nSPS) is 12.2. The van der Waals surface area contributed by atoms with Gasteiger partial charge in [0.2, 0.25) is 5.88 Å². The molecule has 0 fully saturated rings. The second-order valence-corrected chi connectivity index (χ2v) is 4.88. The summed E-state index contributed by atoms with van der Waals surface area (Å²) in [6.45, 7) is 1.96. The molecular formula is C17H13N3O. The number of para-hydroxylation sites is 3. The summed E-state index contributed by atoms with van der Waals surface area (Å²) in [5, 5.41) is 4.58. The molecule has 4 heteroatoms. The van der Waals surface area contributed by atoms with Crippen LogP contribution in [0.5, 0.6) is 11.6 Å². The van der Waals surface area contributed by atoms with Gasteiger partial charge in [-0.2, -0.15) is 9.78 Å². The summed E-state index contributed by atoms with van der Waals surface area (Å²) in [5.41, 5.74) is 3.60. The van der Waals surface area contributed by atoms with Crippen molar-refractivity contribution in [2.75, 3.05) is 0 Å². The lowest BCUT2D eigenvalue weighted by Gasteiger charge is -2.09. The summed E-state index contributed by atoms with van der Waals surface area (Å²) in [5.74, 6) is 1.44. The molecule has 2 aromatic carbocycles. The zero-order valence-corrected chi connectivity index (χ0v) is 11.5. The SMILES string of the molecule is Cc1nn(-c2ccccc2)c2c1C=Nc1ccccc1O2. The molecule has 4 nitrogen and oxygen atoms in total. The number of fused-ring (bicyclic) bond motifs is 2. The van der Waals surface area contributed by atoms with Gasteiger partial charge in [0.15, 0.2) is 5.75 Å². The standard InChI is InChI=1S/C17H13N3O/c1-12-14-11-18-15-9-5-6-10-16(15)21-17(14)20(19-12)13-7-3-2-4-8-13/h2-11H,1H3. The van der Waals surface area contributed by atoms with Crippen LogP contribution in [-0.2, 0) is 0 Å². The zero-order valence-electron chi connectivity index (χ0n) is 11.5. The Bertz CT molecular complexity index is 834. The van der Waals surface area contributed by atoms with E-state index in [0.29, 0.717) is 5.88 Å². The number of aryl methyl sites for hydroxylation is 1. The summed E-state index contributed by atoms with van der Waals surface area (Å²) in [6, 6.07) is 17.7. The van der Waals surface area contributed by atoms with E-state index in [2.05, 4.69) is 10.1 Å². The second kappa shape index (κ2) is 4.59. The molecule has 0 aliphatic carbocycles. The molecule has 2 heterocycles. The van der Waals surface area contributed by atoms with Crippen LogP contribution >= 0.6 is 0 Å². The van der Waals surface area contributed by atoms with E-state index in [9.17, 15) is 0 Å². The van der Waals surface area contributed by atoms with E-state index in [4.69, 9.17) is 4.74 Å². The Labute approximate surface area is 122 Å². The highest BCUT2D eigenvalue weighted by molar-refractivity contribution is 5.88. The Morgan fingerprint density at radius 3 is 2.57 bits per heavy atom. The first kappa shape index (κ1) is 11.9. The highest BCUT2D eigenvalue weighted by Gasteiger charge is 2.20. The molecule has 21 heavy (non-hydrogen) atoms. The molecule has 0 bridgehead atoms. The van der Waals surface area contributed by atoms with E-state index in [0.717, 1.165) is 28.4 Å². The molecule has 1 aliphatic heterocycles. The number of rotatable bonds is 1. The third-order valence-electron chi connectivity index (χ3n) is 3.47. The summed E-state index contributed by atoms with van der Waals surface area (Å²) in [7, 11) is 0. The van der Waals surface area contributed by atoms with Gasteiger partial charge in [-0.15, -0.1) is 0 Å². The van der Waals surface area contributed by atoms with Crippen LogP contribution in [0.25, 0.3) is 5.69 Å². The Morgan fingerprint density at radius 1 is 0.952 bits per heavy atom. The van der Waals surface area contributed by atoms with E-state index in [1.165, 1.54) is 0 Å². The van der Waals surface area contributed by atoms with Gasteiger partial charge in [0, 0.05) is 6.21 Å². The van der Waals surface area contributed by atoms with Gasteiger partial charge in [-0.1, -0.05) is 30.3 Å². The fourth-order valence-corrected chi connectivity index (χ4v) is 2.40. The molecule has 0 saturated carbocycles. The molecule has 102 valence electrons. The fourth-order valence-electron chi connectivity index (χ4n) is 2.40. The number of benzene rings is 2. The Balaban J connectivity index is 1.92. The summed E-state index contributed by atoms with van der Waals surface area (Å²) in [4.78, 5) is 4.49. The third-order valence-corrected chi connectivity index (χ3v) is 3.47. The maximum absolute atomic E-state index is 6.08. The quantitative estimate of drug-likeness (QED) is 0.526. The third kappa shape index (κ3) is 1.92. The first-order valence-electron chi connectivity index (χ1n) is 6.79. The molecule has 0 N–H and O–H groups in total. The Morgan fingerprint density at radius 2 is 1.71 bits per heavy atom. The van der Waals surface area contributed by atoms with Crippen LogP contribution in [0.2, 0.25) is 0 Å². The summed E-state index contributed by atoms with van der Waals surface area (Å²) in [6.07, 6.45) is 1.82. The number of hydrogen-bond donors (Lipinski definition) is 0. The monoisotopic (exact) mass is 275 g/mol. The minimum absolute atomic E-state index is 0.701. The van der Waals surface area contributed by atoms with Gasteiger partial charge in [0.05, 0.1) is 16.9 Å². The van der Waals surface area contributed by atoms with E-state index < -0.39 is 0 Å². The number of aromatic nitrogens is 2. The van der Waals surface area contributed by atoms with Crippen molar-refractivity contribution in [3.63, 3.8) is 0 Å². The van der Waals surface area contributed by atoms with Crippen molar-refractivity contribution in [2.24, 2.45) is 4.99 Å². The smallest absolute Gasteiger partial charge is 0.231 e.